The molecular weight excluding hydrogens is 356 g/mol. The van der Waals surface area contributed by atoms with E-state index in [9.17, 15) is 19.5 Å². The van der Waals surface area contributed by atoms with Crippen molar-refractivity contribution < 1.29 is 14.7 Å². The van der Waals surface area contributed by atoms with E-state index >= 15 is 0 Å². The van der Waals surface area contributed by atoms with Gasteiger partial charge in [-0.25, -0.2) is 0 Å². The van der Waals surface area contributed by atoms with Crippen molar-refractivity contribution in [3.05, 3.63) is 62.5 Å². The third-order valence-corrected chi connectivity index (χ3v) is 4.64. The number of nitrogens with zero attached hydrogens (tertiary/aromatic N) is 2. The van der Waals surface area contributed by atoms with Gasteiger partial charge < -0.3 is 14.6 Å². The summed E-state index contributed by atoms with van der Waals surface area (Å²) in [6.45, 7) is 4.46. The Kier molecular flexibility index (Phi) is 4.87. The summed E-state index contributed by atoms with van der Waals surface area (Å²) in [5.74, 6) is -1.85. The molecule has 2 aromatic rings. The van der Waals surface area contributed by atoms with Crippen LogP contribution in [0.15, 0.2) is 35.3 Å². The maximum atomic E-state index is 12.8. The summed E-state index contributed by atoms with van der Waals surface area (Å²) in [6, 6.07) is 7.16. The van der Waals surface area contributed by atoms with Crippen LogP contribution in [0.4, 0.5) is 0 Å². The van der Waals surface area contributed by atoms with E-state index in [0.717, 1.165) is 5.56 Å². The van der Waals surface area contributed by atoms with Crippen LogP contribution in [0.1, 0.15) is 40.3 Å². The van der Waals surface area contributed by atoms with Crippen LogP contribution in [-0.4, -0.2) is 32.8 Å². The van der Waals surface area contributed by atoms with Gasteiger partial charge in [0.15, 0.2) is 17.2 Å². The summed E-state index contributed by atoms with van der Waals surface area (Å²) < 4.78 is 1.49. The second-order valence-corrected chi connectivity index (χ2v) is 7.07. The number of aromatic hydroxyl groups is 1. The third-order valence-electron chi connectivity index (χ3n) is 4.41. The Hall–Kier alpha value is -2.60. The first-order valence-corrected chi connectivity index (χ1v) is 8.71. The lowest BCUT2D eigenvalue weighted by atomic mass is 10.0. The summed E-state index contributed by atoms with van der Waals surface area (Å²) in [6.07, 6.45) is 1.38. The van der Waals surface area contributed by atoms with Crippen molar-refractivity contribution >= 4 is 23.3 Å². The second-order valence-electron chi connectivity index (χ2n) is 6.64. The number of carbonyl (C=O) groups is 2. The number of rotatable bonds is 4. The second kappa shape index (κ2) is 6.96. The highest BCUT2D eigenvalue weighted by Crippen LogP contribution is 2.23. The van der Waals surface area contributed by atoms with Gasteiger partial charge in [0.25, 0.3) is 5.91 Å². The van der Waals surface area contributed by atoms with Gasteiger partial charge in [-0.1, -0.05) is 37.6 Å². The van der Waals surface area contributed by atoms with Crippen LogP contribution in [0.2, 0.25) is 5.02 Å². The number of fused-ring (bicyclic) bond motifs is 1. The lowest BCUT2D eigenvalue weighted by Gasteiger charge is -2.30. The number of pyridine rings is 1. The normalized spacial score (nSPS) is 13.8. The Labute approximate surface area is 155 Å². The average molecular weight is 375 g/mol. The number of carbonyl (C=O) groups excluding carboxylic acids is 2. The molecular formula is C19H19ClN2O4. The van der Waals surface area contributed by atoms with E-state index in [1.165, 1.54) is 10.8 Å². The van der Waals surface area contributed by atoms with E-state index in [1.807, 2.05) is 6.07 Å². The predicted octanol–water partition coefficient (Wildman–Crippen LogP) is 2.70. The molecule has 0 atom stereocenters. The van der Waals surface area contributed by atoms with Gasteiger partial charge in [0.2, 0.25) is 5.43 Å². The first kappa shape index (κ1) is 18.2. The van der Waals surface area contributed by atoms with Gasteiger partial charge in [-0.15, -0.1) is 0 Å². The highest BCUT2D eigenvalue weighted by atomic mass is 35.5. The summed E-state index contributed by atoms with van der Waals surface area (Å²) >= 11 is 5.98. The molecule has 0 aliphatic carbocycles. The van der Waals surface area contributed by atoms with Crippen LogP contribution in [0.3, 0.4) is 0 Å². The number of Topliss-reactive ketones (excluding diaryl/α,β-unsaturated/α-hetero) is 1. The number of benzene rings is 1. The van der Waals surface area contributed by atoms with E-state index in [0.29, 0.717) is 24.7 Å². The molecule has 0 radical (unpaired) electrons. The minimum atomic E-state index is -0.798. The number of hydrogen-bond acceptors (Lipinski definition) is 4. The molecule has 1 N–H and O–H groups in total. The first-order chi connectivity index (χ1) is 12.3. The zero-order chi connectivity index (χ0) is 19.0. The maximum Gasteiger partial charge on any atom is 0.274 e. The molecule has 2 heterocycles. The van der Waals surface area contributed by atoms with Crippen LogP contribution in [0, 0.1) is 5.92 Å². The molecule has 26 heavy (non-hydrogen) atoms. The van der Waals surface area contributed by atoms with Crippen molar-refractivity contribution in [2.45, 2.75) is 26.9 Å². The van der Waals surface area contributed by atoms with Gasteiger partial charge in [-0.3, -0.25) is 14.4 Å². The molecule has 136 valence electrons. The molecule has 3 rings (SSSR count). The Morgan fingerprint density at radius 2 is 2.00 bits per heavy atom. The molecule has 0 spiro atoms. The summed E-state index contributed by atoms with van der Waals surface area (Å²) in [7, 11) is 0. The van der Waals surface area contributed by atoms with E-state index < -0.39 is 17.1 Å². The van der Waals surface area contributed by atoms with Crippen LogP contribution in [0.25, 0.3) is 0 Å². The van der Waals surface area contributed by atoms with Gasteiger partial charge in [-0.05, 0) is 17.7 Å². The standard InChI is InChI=1S/C19H19ClN2O4/c1-11(2)16(23)14-10-21-6-7-22(9-12-4-3-5-13(20)8-12)19(26)15(21)18(25)17(14)24/h3-5,8,10-11,25H,6-7,9H2,1-2H3. The molecule has 1 aromatic carbocycles. The van der Waals surface area contributed by atoms with Gasteiger partial charge >= 0.3 is 0 Å². The number of halogens is 1. The zero-order valence-corrected chi connectivity index (χ0v) is 15.3. The highest BCUT2D eigenvalue weighted by molar-refractivity contribution is 6.30. The van der Waals surface area contributed by atoms with Crippen LogP contribution in [-0.2, 0) is 13.1 Å². The maximum absolute atomic E-state index is 12.8. The molecule has 7 heteroatoms. The minimum Gasteiger partial charge on any atom is -0.503 e. The van der Waals surface area contributed by atoms with Crippen molar-refractivity contribution in [2.24, 2.45) is 5.92 Å². The van der Waals surface area contributed by atoms with Gasteiger partial charge in [-0.2, -0.15) is 0 Å². The lowest BCUT2D eigenvalue weighted by Crippen LogP contribution is -2.41. The Morgan fingerprint density at radius 3 is 2.65 bits per heavy atom. The SMILES string of the molecule is CC(C)C(=O)c1cn2c(c(O)c1=O)C(=O)N(Cc1cccc(Cl)c1)CC2. The smallest absolute Gasteiger partial charge is 0.274 e. The zero-order valence-electron chi connectivity index (χ0n) is 14.5. The Morgan fingerprint density at radius 1 is 1.27 bits per heavy atom. The van der Waals surface area contributed by atoms with E-state index in [-0.39, 0.29) is 23.0 Å². The molecule has 1 aliphatic rings. The number of ketones is 1. The minimum absolute atomic E-state index is 0.0800. The van der Waals surface area contributed by atoms with Crippen molar-refractivity contribution in [3.63, 3.8) is 0 Å². The monoisotopic (exact) mass is 374 g/mol. The molecule has 0 saturated heterocycles. The average Bonchev–Trinajstić information content (AvgIpc) is 2.59. The molecule has 0 unspecified atom stereocenters. The summed E-state index contributed by atoms with van der Waals surface area (Å²) in [5, 5.41) is 10.9. The van der Waals surface area contributed by atoms with Crippen molar-refractivity contribution in [1.82, 2.24) is 9.47 Å². The van der Waals surface area contributed by atoms with E-state index in [1.54, 1.807) is 36.9 Å². The fourth-order valence-electron chi connectivity index (χ4n) is 3.02. The fraction of sp³-hybridized carbons (Fsp3) is 0.316. The molecule has 0 fully saturated rings. The number of aromatic nitrogens is 1. The molecule has 0 saturated carbocycles. The van der Waals surface area contributed by atoms with Gasteiger partial charge in [0.05, 0.1) is 5.56 Å². The van der Waals surface area contributed by atoms with E-state index in [4.69, 9.17) is 11.6 Å². The van der Waals surface area contributed by atoms with Crippen LogP contribution < -0.4 is 5.43 Å². The molecule has 1 aromatic heterocycles. The topological polar surface area (TPSA) is 79.6 Å². The first-order valence-electron chi connectivity index (χ1n) is 8.34. The third kappa shape index (κ3) is 3.24. The summed E-state index contributed by atoms with van der Waals surface area (Å²) in [4.78, 5) is 38.9. The van der Waals surface area contributed by atoms with Crippen molar-refractivity contribution in [3.8, 4) is 5.75 Å². The molecule has 6 nitrogen and oxygen atoms in total. The molecule has 0 bridgehead atoms. The number of hydrogen-bond donors (Lipinski definition) is 1. The predicted molar refractivity (Wildman–Crippen MR) is 97.7 cm³/mol. The fourth-order valence-corrected chi connectivity index (χ4v) is 3.24. The van der Waals surface area contributed by atoms with Gasteiger partial charge in [0, 0.05) is 36.8 Å². The van der Waals surface area contributed by atoms with E-state index in [2.05, 4.69) is 0 Å². The van der Waals surface area contributed by atoms with Crippen LogP contribution in [0.5, 0.6) is 5.75 Å². The van der Waals surface area contributed by atoms with Crippen LogP contribution >= 0.6 is 11.6 Å². The van der Waals surface area contributed by atoms with Crippen molar-refractivity contribution in [2.75, 3.05) is 6.54 Å². The lowest BCUT2D eigenvalue weighted by molar-refractivity contribution is 0.0681. The Bertz CT molecular complexity index is 949. The molecule has 1 amide bonds. The van der Waals surface area contributed by atoms with Crippen molar-refractivity contribution in [1.29, 1.82) is 0 Å². The quantitative estimate of drug-likeness (QED) is 0.834. The largest absolute Gasteiger partial charge is 0.503 e. The Balaban J connectivity index is 1.97. The number of amides is 1. The van der Waals surface area contributed by atoms with Gasteiger partial charge in [0.1, 0.15) is 0 Å². The molecule has 1 aliphatic heterocycles. The highest BCUT2D eigenvalue weighted by Gasteiger charge is 2.31. The summed E-state index contributed by atoms with van der Waals surface area (Å²) in [5.41, 5.74) is -0.110.